The van der Waals surface area contributed by atoms with Gasteiger partial charge in [-0.05, 0) is 45.0 Å². The Balaban J connectivity index is 2.46. The largest absolute Gasteiger partial charge is 0.491 e. The van der Waals surface area contributed by atoms with Gasteiger partial charge in [-0.3, -0.25) is 4.90 Å². The summed E-state index contributed by atoms with van der Waals surface area (Å²) < 4.78 is 5.54. The highest BCUT2D eigenvalue weighted by Crippen LogP contribution is 2.13. The van der Waals surface area contributed by atoms with Gasteiger partial charge in [0.05, 0.1) is 11.6 Å². The van der Waals surface area contributed by atoms with Crippen molar-refractivity contribution in [3.8, 4) is 11.8 Å². The fraction of sp³-hybridized carbons (Fsp3) is 0.562. The Morgan fingerprint density at radius 1 is 1.40 bits per heavy atom. The number of nitrogens with zero attached hydrogens (tertiary/aromatic N) is 2. The topological polar surface area (TPSA) is 56.5 Å². The van der Waals surface area contributed by atoms with E-state index < -0.39 is 6.10 Å². The molecule has 0 heterocycles. The highest BCUT2D eigenvalue weighted by molar-refractivity contribution is 5.36. The molecule has 4 nitrogen and oxygen atoms in total. The molecule has 0 aromatic heterocycles. The SMILES string of the molecule is CCCN(CC(O)COc1cccc(C#N)c1)C(C)C. The minimum Gasteiger partial charge on any atom is -0.491 e. The van der Waals surface area contributed by atoms with Crippen molar-refractivity contribution in [2.45, 2.75) is 39.3 Å². The third-order valence-electron chi connectivity index (χ3n) is 3.09. The first-order chi connectivity index (χ1) is 9.56. The van der Waals surface area contributed by atoms with Crippen LogP contribution in [0.5, 0.6) is 5.75 Å². The normalized spacial score (nSPS) is 12.4. The van der Waals surface area contributed by atoms with E-state index in [1.807, 2.05) is 0 Å². The molecule has 1 aromatic rings. The van der Waals surface area contributed by atoms with Crippen molar-refractivity contribution in [3.05, 3.63) is 29.8 Å². The monoisotopic (exact) mass is 276 g/mol. The first kappa shape index (κ1) is 16.5. The number of hydrogen-bond acceptors (Lipinski definition) is 4. The van der Waals surface area contributed by atoms with Gasteiger partial charge in [-0.1, -0.05) is 13.0 Å². The molecule has 0 aliphatic carbocycles. The van der Waals surface area contributed by atoms with Crippen LogP contribution in [-0.4, -0.2) is 41.8 Å². The molecule has 0 amide bonds. The summed E-state index contributed by atoms with van der Waals surface area (Å²) in [7, 11) is 0. The lowest BCUT2D eigenvalue weighted by molar-refractivity contribution is 0.0575. The van der Waals surface area contributed by atoms with Crippen LogP contribution >= 0.6 is 0 Å². The lowest BCUT2D eigenvalue weighted by Gasteiger charge is -2.28. The lowest BCUT2D eigenvalue weighted by atomic mass is 10.2. The van der Waals surface area contributed by atoms with Crippen LogP contribution in [0.1, 0.15) is 32.8 Å². The van der Waals surface area contributed by atoms with Crippen LogP contribution in [0.3, 0.4) is 0 Å². The zero-order valence-electron chi connectivity index (χ0n) is 12.5. The Kier molecular flexibility index (Phi) is 7.06. The van der Waals surface area contributed by atoms with Crippen LogP contribution < -0.4 is 4.74 Å². The van der Waals surface area contributed by atoms with Crippen LogP contribution in [-0.2, 0) is 0 Å². The molecule has 0 fully saturated rings. The summed E-state index contributed by atoms with van der Waals surface area (Å²) in [5, 5.41) is 18.9. The number of aliphatic hydroxyl groups is 1. The van der Waals surface area contributed by atoms with E-state index in [0.717, 1.165) is 13.0 Å². The number of benzene rings is 1. The Labute approximate surface area is 121 Å². The lowest BCUT2D eigenvalue weighted by Crippen LogP contribution is -2.40. The van der Waals surface area contributed by atoms with Crippen molar-refractivity contribution in [3.63, 3.8) is 0 Å². The van der Waals surface area contributed by atoms with Gasteiger partial charge in [0.15, 0.2) is 0 Å². The minimum absolute atomic E-state index is 0.238. The molecule has 0 aliphatic heterocycles. The van der Waals surface area contributed by atoms with Crippen LogP contribution in [0.25, 0.3) is 0 Å². The highest BCUT2D eigenvalue weighted by Gasteiger charge is 2.14. The van der Waals surface area contributed by atoms with Gasteiger partial charge in [0.25, 0.3) is 0 Å². The molecule has 1 aromatic carbocycles. The summed E-state index contributed by atoms with van der Waals surface area (Å²) in [5.41, 5.74) is 0.562. The zero-order valence-corrected chi connectivity index (χ0v) is 12.5. The Bertz CT molecular complexity index is 440. The summed E-state index contributed by atoms with van der Waals surface area (Å²) >= 11 is 0. The smallest absolute Gasteiger partial charge is 0.120 e. The second-order valence-electron chi connectivity index (χ2n) is 5.19. The fourth-order valence-electron chi connectivity index (χ4n) is 2.02. The van der Waals surface area contributed by atoms with Crippen molar-refractivity contribution in [2.75, 3.05) is 19.7 Å². The molecular formula is C16H24N2O2. The van der Waals surface area contributed by atoms with E-state index in [2.05, 4.69) is 31.7 Å². The van der Waals surface area contributed by atoms with Gasteiger partial charge < -0.3 is 9.84 Å². The molecule has 0 saturated heterocycles. The van der Waals surface area contributed by atoms with E-state index in [-0.39, 0.29) is 6.61 Å². The molecule has 4 heteroatoms. The molecule has 0 bridgehead atoms. The Morgan fingerprint density at radius 3 is 2.75 bits per heavy atom. The molecule has 1 rings (SSSR count). The quantitative estimate of drug-likeness (QED) is 0.792. The molecule has 1 N–H and O–H groups in total. The van der Waals surface area contributed by atoms with E-state index in [1.165, 1.54) is 0 Å². The average molecular weight is 276 g/mol. The van der Waals surface area contributed by atoms with E-state index >= 15 is 0 Å². The van der Waals surface area contributed by atoms with Gasteiger partial charge in [-0.2, -0.15) is 5.26 Å². The number of rotatable bonds is 8. The summed E-state index contributed by atoms with van der Waals surface area (Å²) in [4.78, 5) is 2.24. The molecule has 1 unspecified atom stereocenters. The predicted molar refractivity (Wildman–Crippen MR) is 79.7 cm³/mol. The van der Waals surface area contributed by atoms with Gasteiger partial charge in [-0.25, -0.2) is 0 Å². The van der Waals surface area contributed by atoms with Gasteiger partial charge in [-0.15, -0.1) is 0 Å². The maximum atomic E-state index is 10.1. The molecule has 1 atom stereocenters. The van der Waals surface area contributed by atoms with Crippen LogP contribution in [0, 0.1) is 11.3 Å². The summed E-state index contributed by atoms with van der Waals surface area (Å²) in [6.45, 7) is 8.19. The molecular weight excluding hydrogens is 252 g/mol. The maximum Gasteiger partial charge on any atom is 0.120 e. The Hall–Kier alpha value is -1.57. The third-order valence-corrected chi connectivity index (χ3v) is 3.09. The Morgan fingerprint density at radius 2 is 2.15 bits per heavy atom. The van der Waals surface area contributed by atoms with Crippen molar-refractivity contribution >= 4 is 0 Å². The standard InChI is InChI=1S/C16H24N2O2/c1-4-8-18(13(2)3)11-15(19)12-20-16-7-5-6-14(9-16)10-17/h5-7,9,13,15,19H,4,8,11-12H2,1-3H3. The number of nitriles is 1. The van der Waals surface area contributed by atoms with E-state index in [0.29, 0.717) is 23.9 Å². The van der Waals surface area contributed by atoms with Crippen molar-refractivity contribution in [1.82, 2.24) is 4.90 Å². The summed E-state index contributed by atoms with van der Waals surface area (Å²) in [5.74, 6) is 0.620. The molecule has 0 saturated carbocycles. The number of hydrogen-bond donors (Lipinski definition) is 1. The van der Waals surface area contributed by atoms with E-state index in [4.69, 9.17) is 10.00 Å². The summed E-state index contributed by atoms with van der Waals surface area (Å²) in [6.07, 6.45) is 0.533. The van der Waals surface area contributed by atoms with Gasteiger partial charge in [0.2, 0.25) is 0 Å². The fourth-order valence-corrected chi connectivity index (χ4v) is 2.02. The highest BCUT2D eigenvalue weighted by atomic mass is 16.5. The third kappa shape index (κ3) is 5.60. The van der Waals surface area contributed by atoms with Gasteiger partial charge in [0.1, 0.15) is 18.5 Å². The van der Waals surface area contributed by atoms with Crippen molar-refractivity contribution in [2.24, 2.45) is 0 Å². The van der Waals surface area contributed by atoms with Crippen LogP contribution in [0.15, 0.2) is 24.3 Å². The van der Waals surface area contributed by atoms with Crippen molar-refractivity contribution < 1.29 is 9.84 Å². The molecule has 0 spiro atoms. The average Bonchev–Trinajstić information content (AvgIpc) is 2.44. The number of ether oxygens (including phenoxy) is 1. The molecule has 0 radical (unpaired) electrons. The minimum atomic E-state index is -0.533. The van der Waals surface area contributed by atoms with E-state index in [9.17, 15) is 5.11 Å². The van der Waals surface area contributed by atoms with Crippen molar-refractivity contribution in [1.29, 1.82) is 5.26 Å². The summed E-state index contributed by atoms with van der Waals surface area (Å²) in [6, 6.07) is 9.45. The van der Waals surface area contributed by atoms with Crippen LogP contribution in [0.4, 0.5) is 0 Å². The molecule has 20 heavy (non-hydrogen) atoms. The maximum absolute atomic E-state index is 10.1. The number of aliphatic hydroxyl groups excluding tert-OH is 1. The zero-order chi connectivity index (χ0) is 15.0. The molecule has 0 aliphatic rings. The predicted octanol–water partition coefficient (Wildman–Crippen LogP) is 2.42. The van der Waals surface area contributed by atoms with Gasteiger partial charge in [0, 0.05) is 12.6 Å². The molecule has 110 valence electrons. The second kappa shape index (κ2) is 8.57. The first-order valence-electron chi connectivity index (χ1n) is 7.11. The van der Waals surface area contributed by atoms with Crippen LogP contribution in [0.2, 0.25) is 0 Å². The van der Waals surface area contributed by atoms with E-state index in [1.54, 1.807) is 24.3 Å². The first-order valence-corrected chi connectivity index (χ1v) is 7.11. The second-order valence-corrected chi connectivity index (χ2v) is 5.19. The van der Waals surface area contributed by atoms with Gasteiger partial charge >= 0.3 is 0 Å².